The average molecular weight is 344 g/mol. The van der Waals surface area contributed by atoms with Crippen LogP contribution >= 0.6 is 0 Å². The highest BCUT2D eigenvalue weighted by Crippen LogP contribution is 2.31. The van der Waals surface area contributed by atoms with E-state index < -0.39 is 41.0 Å². The fraction of sp³-hybridized carbons (Fsp3) is 0.0667. The molecule has 0 amide bonds. The van der Waals surface area contributed by atoms with E-state index in [1.807, 2.05) is 0 Å². The summed E-state index contributed by atoms with van der Waals surface area (Å²) in [5, 5.41) is 17.9. The normalized spacial score (nSPS) is 11.2. The third-order valence-electron chi connectivity index (χ3n) is 2.91. The first-order valence-electron chi connectivity index (χ1n) is 6.24. The average Bonchev–Trinajstić information content (AvgIpc) is 2.45. The van der Waals surface area contributed by atoms with Gasteiger partial charge in [-0.3, -0.25) is 0 Å². The first-order chi connectivity index (χ1) is 11.1. The fourth-order valence-electron chi connectivity index (χ4n) is 1.97. The van der Waals surface area contributed by atoms with Crippen molar-refractivity contribution in [3.05, 3.63) is 53.3 Å². The van der Waals surface area contributed by atoms with Crippen molar-refractivity contribution in [1.29, 1.82) is 0 Å². The van der Waals surface area contributed by atoms with E-state index in [2.05, 4.69) is 4.74 Å². The lowest BCUT2D eigenvalue weighted by Gasteiger charge is -2.13. The van der Waals surface area contributed by atoms with Gasteiger partial charge in [0.15, 0.2) is 0 Å². The smallest absolute Gasteiger partial charge is 0.478 e. The molecule has 0 saturated heterocycles. The molecular weight excluding hydrogens is 336 g/mol. The molecule has 0 radical (unpaired) electrons. The Morgan fingerprint density at radius 2 is 1.58 bits per heavy atom. The molecule has 24 heavy (non-hydrogen) atoms. The Morgan fingerprint density at radius 3 is 2.12 bits per heavy atom. The van der Waals surface area contributed by atoms with E-state index in [0.717, 1.165) is 36.4 Å². The summed E-state index contributed by atoms with van der Waals surface area (Å²) in [6.07, 6.45) is -5.08. The van der Waals surface area contributed by atoms with Crippen LogP contribution in [-0.4, -0.2) is 28.5 Å². The number of benzene rings is 2. The molecule has 0 aliphatic rings. The molecule has 0 unspecified atom stereocenters. The minimum absolute atomic E-state index is 0.00606. The molecule has 2 aromatic rings. The van der Waals surface area contributed by atoms with Gasteiger partial charge >= 0.3 is 18.3 Å². The van der Waals surface area contributed by atoms with Crippen LogP contribution in [0.2, 0.25) is 0 Å². The Hall–Kier alpha value is -3.10. The van der Waals surface area contributed by atoms with Gasteiger partial charge in [-0.05, 0) is 41.5 Å². The number of carbonyl (C=O) groups is 2. The standard InChI is InChI=1S/C15H8F4O5/c16-10-4-8(3-9(5-10)13(20)21)7-1-2-12(24-15(17,18)19)11(6-7)14(22)23/h1-6H,(H,20,21)(H,22,23). The summed E-state index contributed by atoms with van der Waals surface area (Å²) in [5.41, 5.74) is -1.18. The summed E-state index contributed by atoms with van der Waals surface area (Å²) in [6, 6.07) is 5.41. The maximum absolute atomic E-state index is 13.5. The minimum Gasteiger partial charge on any atom is -0.478 e. The van der Waals surface area contributed by atoms with Gasteiger partial charge in [-0.1, -0.05) is 6.07 Å². The molecule has 5 nitrogen and oxygen atoms in total. The maximum atomic E-state index is 13.5. The number of carboxylic acids is 2. The number of carboxylic acid groups (broad SMARTS) is 2. The number of hydrogen-bond donors (Lipinski definition) is 2. The summed E-state index contributed by atoms with van der Waals surface area (Å²) in [4.78, 5) is 22.0. The van der Waals surface area contributed by atoms with Crippen LogP contribution in [-0.2, 0) is 0 Å². The molecule has 0 saturated carbocycles. The molecule has 0 aliphatic carbocycles. The number of hydrogen-bond acceptors (Lipinski definition) is 3. The van der Waals surface area contributed by atoms with Gasteiger partial charge in [0.2, 0.25) is 0 Å². The molecule has 0 bridgehead atoms. The predicted octanol–water partition coefficient (Wildman–Crippen LogP) is 3.79. The third-order valence-corrected chi connectivity index (χ3v) is 2.91. The number of ether oxygens (including phenoxy) is 1. The zero-order chi connectivity index (χ0) is 18.1. The Morgan fingerprint density at radius 1 is 0.917 bits per heavy atom. The number of halogens is 4. The van der Waals surface area contributed by atoms with Crippen LogP contribution in [0.15, 0.2) is 36.4 Å². The van der Waals surface area contributed by atoms with E-state index in [1.54, 1.807) is 0 Å². The maximum Gasteiger partial charge on any atom is 0.573 e. The lowest BCUT2D eigenvalue weighted by molar-refractivity contribution is -0.274. The van der Waals surface area contributed by atoms with E-state index in [9.17, 15) is 27.2 Å². The SMILES string of the molecule is O=C(O)c1cc(F)cc(-c2ccc(OC(F)(F)F)c(C(=O)O)c2)c1. The first kappa shape index (κ1) is 17.3. The zero-order valence-electron chi connectivity index (χ0n) is 11.6. The van der Waals surface area contributed by atoms with Crippen molar-refractivity contribution in [1.82, 2.24) is 0 Å². The van der Waals surface area contributed by atoms with E-state index in [-0.39, 0.29) is 11.1 Å². The molecule has 0 aliphatic heterocycles. The molecule has 2 rings (SSSR count). The highest BCUT2D eigenvalue weighted by Gasteiger charge is 2.33. The van der Waals surface area contributed by atoms with Gasteiger partial charge in [0, 0.05) is 0 Å². The van der Waals surface area contributed by atoms with Gasteiger partial charge in [0.25, 0.3) is 0 Å². The molecule has 126 valence electrons. The molecule has 0 atom stereocenters. The van der Waals surface area contributed by atoms with Crippen LogP contribution in [0, 0.1) is 5.82 Å². The van der Waals surface area contributed by atoms with Gasteiger partial charge in [-0.2, -0.15) is 0 Å². The second-order valence-corrected chi connectivity index (χ2v) is 4.60. The monoisotopic (exact) mass is 344 g/mol. The lowest BCUT2D eigenvalue weighted by Crippen LogP contribution is -2.19. The van der Waals surface area contributed by atoms with Crippen LogP contribution < -0.4 is 4.74 Å². The van der Waals surface area contributed by atoms with Crippen molar-refractivity contribution >= 4 is 11.9 Å². The molecule has 0 fully saturated rings. The summed E-state index contributed by atoms with van der Waals surface area (Å²) >= 11 is 0. The van der Waals surface area contributed by atoms with Crippen molar-refractivity contribution < 1.29 is 42.1 Å². The summed E-state index contributed by atoms with van der Waals surface area (Å²) in [5.74, 6) is -4.93. The van der Waals surface area contributed by atoms with E-state index >= 15 is 0 Å². The van der Waals surface area contributed by atoms with Gasteiger partial charge in [0.05, 0.1) is 5.56 Å². The lowest BCUT2D eigenvalue weighted by atomic mass is 10.00. The first-order valence-corrected chi connectivity index (χ1v) is 6.24. The second kappa shape index (κ2) is 6.19. The van der Waals surface area contributed by atoms with Crippen molar-refractivity contribution in [2.75, 3.05) is 0 Å². The molecular formula is C15H8F4O5. The van der Waals surface area contributed by atoms with Crippen molar-refractivity contribution in [3.8, 4) is 16.9 Å². The Bertz CT molecular complexity index is 814. The molecule has 2 N–H and O–H groups in total. The summed E-state index contributed by atoms with van der Waals surface area (Å²) < 4.78 is 53.9. The van der Waals surface area contributed by atoms with Crippen LogP contribution in [0.3, 0.4) is 0 Å². The van der Waals surface area contributed by atoms with Gasteiger partial charge < -0.3 is 14.9 Å². The number of rotatable bonds is 4. The van der Waals surface area contributed by atoms with Crippen LogP contribution in [0.4, 0.5) is 17.6 Å². The Balaban J connectivity index is 2.55. The summed E-state index contributed by atoms with van der Waals surface area (Å²) in [6.45, 7) is 0. The molecule has 0 aromatic heterocycles. The largest absolute Gasteiger partial charge is 0.573 e. The van der Waals surface area contributed by atoms with Crippen molar-refractivity contribution in [3.63, 3.8) is 0 Å². The Labute approximate surface area is 131 Å². The van der Waals surface area contributed by atoms with Crippen LogP contribution in [0.5, 0.6) is 5.75 Å². The minimum atomic E-state index is -5.08. The van der Waals surface area contributed by atoms with E-state index in [4.69, 9.17) is 10.2 Å². The third kappa shape index (κ3) is 4.00. The van der Waals surface area contributed by atoms with Gasteiger partial charge in [0.1, 0.15) is 17.1 Å². The van der Waals surface area contributed by atoms with Gasteiger partial charge in [-0.25, -0.2) is 14.0 Å². The van der Waals surface area contributed by atoms with Crippen LogP contribution in [0.1, 0.15) is 20.7 Å². The number of aromatic carboxylic acids is 2. The highest BCUT2D eigenvalue weighted by molar-refractivity contribution is 5.93. The topological polar surface area (TPSA) is 83.8 Å². The van der Waals surface area contributed by atoms with Gasteiger partial charge in [-0.15, -0.1) is 13.2 Å². The highest BCUT2D eigenvalue weighted by atomic mass is 19.4. The van der Waals surface area contributed by atoms with E-state index in [1.165, 1.54) is 0 Å². The van der Waals surface area contributed by atoms with Crippen LogP contribution in [0.25, 0.3) is 11.1 Å². The molecule has 0 spiro atoms. The quantitative estimate of drug-likeness (QED) is 0.825. The zero-order valence-corrected chi connectivity index (χ0v) is 11.6. The van der Waals surface area contributed by atoms with Crippen molar-refractivity contribution in [2.45, 2.75) is 6.36 Å². The molecule has 0 heterocycles. The second-order valence-electron chi connectivity index (χ2n) is 4.60. The van der Waals surface area contributed by atoms with E-state index in [0.29, 0.717) is 0 Å². The Kier molecular flexibility index (Phi) is 4.45. The molecule has 2 aromatic carbocycles. The number of alkyl halides is 3. The predicted molar refractivity (Wildman–Crippen MR) is 72.4 cm³/mol. The molecule has 9 heteroatoms. The van der Waals surface area contributed by atoms with Crippen molar-refractivity contribution in [2.24, 2.45) is 0 Å². The summed E-state index contributed by atoms with van der Waals surface area (Å²) in [7, 11) is 0. The fourth-order valence-corrected chi connectivity index (χ4v) is 1.97.